The quantitative estimate of drug-likeness (QED) is 0.155. The zero-order valence-corrected chi connectivity index (χ0v) is 38.2. The van der Waals surface area contributed by atoms with Crippen LogP contribution in [0.5, 0.6) is 0 Å². The van der Waals surface area contributed by atoms with Gasteiger partial charge < -0.3 is 24.8 Å². The molecular formula is C52H52Cl2Hf. The molecule has 4 aliphatic rings. The minimum absolute atomic E-state index is 0. The van der Waals surface area contributed by atoms with Crippen LogP contribution >= 0.6 is 0 Å². The second-order valence-corrected chi connectivity index (χ2v) is 35.4. The number of fused-ring (bicyclic) bond motifs is 5. The summed E-state index contributed by atoms with van der Waals surface area (Å²) in [5.74, 6) is 0. The molecule has 0 amide bonds. The first-order chi connectivity index (χ1) is 25.6. The average Bonchev–Trinajstić information content (AvgIpc) is 3.41. The Bertz CT molecular complexity index is 2340. The third kappa shape index (κ3) is 5.84. The molecule has 278 valence electrons. The van der Waals surface area contributed by atoms with Crippen molar-refractivity contribution in [2.75, 3.05) is 0 Å². The molecule has 0 aromatic heterocycles. The van der Waals surface area contributed by atoms with E-state index in [1.54, 1.807) is 22.3 Å². The van der Waals surface area contributed by atoms with Crippen molar-refractivity contribution >= 4 is 33.7 Å². The molecule has 6 aromatic rings. The smallest absolute Gasteiger partial charge is 1.00 e. The molecule has 2 fully saturated rings. The molecule has 0 N–H and O–H groups in total. The van der Waals surface area contributed by atoms with Gasteiger partial charge in [0.05, 0.1) is 0 Å². The van der Waals surface area contributed by atoms with Gasteiger partial charge in [-0.15, -0.1) is 0 Å². The molecule has 3 heteroatoms. The maximum Gasteiger partial charge on any atom is -1.00 e. The molecule has 55 heavy (non-hydrogen) atoms. The maximum absolute atomic E-state index is 3.48. The molecule has 0 spiro atoms. The molecule has 4 unspecified atom stereocenters. The van der Waals surface area contributed by atoms with Crippen LogP contribution in [0.3, 0.4) is 0 Å². The third-order valence-corrected chi connectivity index (χ3v) is 38.4. The van der Waals surface area contributed by atoms with Gasteiger partial charge in [-0.05, 0) is 0 Å². The van der Waals surface area contributed by atoms with Crippen LogP contribution in [0, 0.1) is 10.8 Å². The Morgan fingerprint density at radius 1 is 0.436 bits per heavy atom. The van der Waals surface area contributed by atoms with Crippen molar-refractivity contribution < 1.29 is 44.8 Å². The Balaban J connectivity index is 0.00000214. The van der Waals surface area contributed by atoms with Crippen molar-refractivity contribution in [3.8, 4) is 22.3 Å². The largest absolute Gasteiger partial charge is 1.00 e. The summed E-state index contributed by atoms with van der Waals surface area (Å²) >= 11 is -3.48. The van der Waals surface area contributed by atoms with Crippen LogP contribution in [0.25, 0.3) is 56.0 Å². The fourth-order valence-corrected chi connectivity index (χ4v) is 48.6. The number of hydrogen-bond acceptors (Lipinski definition) is 0. The minimum atomic E-state index is -3.48. The molecule has 1 heterocycles. The van der Waals surface area contributed by atoms with E-state index in [2.05, 4.69) is 175 Å². The van der Waals surface area contributed by atoms with E-state index >= 15 is 0 Å². The van der Waals surface area contributed by atoms with E-state index in [0.717, 1.165) is 7.35 Å². The van der Waals surface area contributed by atoms with Gasteiger partial charge in [0.2, 0.25) is 0 Å². The van der Waals surface area contributed by atoms with Gasteiger partial charge in [0.25, 0.3) is 0 Å². The number of rotatable bonds is 4. The van der Waals surface area contributed by atoms with Gasteiger partial charge in [0.1, 0.15) is 0 Å². The summed E-state index contributed by atoms with van der Waals surface area (Å²) in [5, 5.41) is 5.37. The normalized spacial score (nSPS) is 22.7. The third-order valence-electron chi connectivity index (χ3n) is 14.0. The summed E-state index contributed by atoms with van der Waals surface area (Å²) in [5.41, 5.74) is 15.6. The first kappa shape index (κ1) is 38.6. The van der Waals surface area contributed by atoms with Crippen LogP contribution in [-0.2, 0) is 20.0 Å². The Kier molecular flexibility index (Phi) is 9.84. The predicted molar refractivity (Wildman–Crippen MR) is 225 cm³/mol. The molecule has 1 saturated heterocycles. The molecule has 4 atom stereocenters. The Morgan fingerprint density at radius 2 is 0.800 bits per heavy atom. The zero-order valence-electron chi connectivity index (χ0n) is 33.1. The average molecular weight is 926 g/mol. The van der Waals surface area contributed by atoms with Gasteiger partial charge in [-0.3, -0.25) is 0 Å². The van der Waals surface area contributed by atoms with Crippen molar-refractivity contribution in [1.29, 1.82) is 0 Å². The monoisotopic (exact) mass is 926 g/mol. The van der Waals surface area contributed by atoms with Gasteiger partial charge in [-0.25, -0.2) is 0 Å². The second kappa shape index (κ2) is 14.0. The van der Waals surface area contributed by atoms with E-state index in [1.165, 1.54) is 80.6 Å². The van der Waals surface area contributed by atoms with Crippen LogP contribution in [0.4, 0.5) is 0 Å². The predicted octanol–water partition coefficient (Wildman–Crippen LogP) is 9.32. The summed E-state index contributed by atoms with van der Waals surface area (Å²) in [6.07, 6.45) is 11.2. The van der Waals surface area contributed by atoms with Crippen molar-refractivity contribution in [1.82, 2.24) is 0 Å². The molecule has 6 aromatic carbocycles. The zero-order chi connectivity index (χ0) is 36.3. The van der Waals surface area contributed by atoms with E-state index in [9.17, 15) is 0 Å². The molecule has 1 aliphatic heterocycles. The fraction of sp³-hybridized carbons (Fsp3) is 0.308. The van der Waals surface area contributed by atoms with Gasteiger partial charge in [0, 0.05) is 0 Å². The van der Waals surface area contributed by atoms with Gasteiger partial charge in [-0.1, -0.05) is 0 Å². The van der Waals surface area contributed by atoms with E-state index in [4.69, 9.17) is 0 Å². The first-order valence-corrected chi connectivity index (χ1v) is 28.5. The number of benzene rings is 6. The fourth-order valence-electron chi connectivity index (χ4n) is 11.8. The molecule has 10 rings (SSSR count). The minimum Gasteiger partial charge on any atom is -1.00 e. The molecule has 1 saturated carbocycles. The van der Waals surface area contributed by atoms with Crippen molar-refractivity contribution in [2.45, 2.75) is 81.9 Å². The van der Waals surface area contributed by atoms with E-state index in [1.807, 2.05) is 0 Å². The van der Waals surface area contributed by atoms with Crippen molar-refractivity contribution in [2.24, 2.45) is 10.8 Å². The van der Waals surface area contributed by atoms with E-state index in [-0.39, 0.29) is 35.6 Å². The van der Waals surface area contributed by atoms with Crippen LogP contribution in [0.15, 0.2) is 132 Å². The number of hydrogen-bond donors (Lipinski definition) is 0. The molecule has 0 bridgehead atoms. The summed E-state index contributed by atoms with van der Waals surface area (Å²) < 4.78 is 3.09. The van der Waals surface area contributed by atoms with Gasteiger partial charge in [-0.2, -0.15) is 0 Å². The molecule has 3 aliphatic carbocycles. The SMILES string of the molecule is CC(C)(C)C1=Cc2c(-c3cccc4ccccc34)cccc2[CH]1[Hf+2]1([CH]2C(C(C)(C)C)=Cc3c(-c4cccc5ccccc45)cccc32)[CH]2CCCC[CH]21.[Cl-].[Cl-]. The van der Waals surface area contributed by atoms with Gasteiger partial charge >= 0.3 is 323 Å². The topological polar surface area (TPSA) is 0 Å². The summed E-state index contributed by atoms with van der Waals surface area (Å²) in [6, 6.07) is 46.6. The maximum atomic E-state index is 2.73. The summed E-state index contributed by atoms with van der Waals surface area (Å²) in [6.45, 7) is 15.1. The summed E-state index contributed by atoms with van der Waals surface area (Å²) in [4.78, 5) is 0. The Labute approximate surface area is 345 Å². The number of allylic oxidation sites excluding steroid dienone is 2. The Hall–Kier alpha value is -3.23. The van der Waals surface area contributed by atoms with Crippen LogP contribution in [0.2, 0.25) is 7.35 Å². The van der Waals surface area contributed by atoms with E-state index in [0.29, 0.717) is 7.35 Å². The summed E-state index contributed by atoms with van der Waals surface area (Å²) in [7, 11) is 0. The van der Waals surface area contributed by atoms with Crippen LogP contribution in [0.1, 0.15) is 96.8 Å². The van der Waals surface area contributed by atoms with Crippen molar-refractivity contribution in [3.63, 3.8) is 0 Å². The van der Waals surface area contributed by atoms with Crippen LogP contribution in [-0.4, -0.2) is 0 Å². The van der Waals surface area contributed by atoms with Gasteiger partial charge in [0.15, 0.2) is 0 Å². The molecular weight excluding hydrogens is 874 g/mol. The second-order valence-electron chi connectivity index (χ2n) is 18.7. The first-order valence-electron chi connectivity index (χ1n) is 20.2. The standard InChI is InChI=1S/2C23H21.C6H10.2ClH.Hf/c2*1-23(2,3)18-14-17-10-7-13-21(22(17)15-18)20-12-6-9-16-8-4-5-11-19(16)20;1-2-4-6-5-3-1;;;/h2*4-15H,1-3H3;1-2H,3-6H2;2*1H;/q;;;;;+2/p-2. The molecule has 0 radical (unpaired) electrons. The van der Waals surface area contributed by atoms with E-state index < -0.39 is 20.0 Å². The van der Waals surface area contributed by atoms with Crippen molar-refractivity contribution in [3.05, 3.63) is 155 Å². The van der Waals surface area contributed by atoms with Crippen LogP contribution < -0.4 is 24.8 Å². The number of halogens is 2. The molecule has 0 nitrogen and oxygen atoms in total. The Morgan fingerprint density at radius 3 is 1.22 bits per heavy atom.